The molecule has 0 aliphatic rings. The summed E-state index contributed by atoms with van der Waals surface area (Å²) in [7, 11) is 0. The molecular weight excluding hydrogens is 309 g/mol. The molecule has 0 saturated carbocycles. The monoisotopic (exact) mass is 327 g/mol. The van der Waals surface area contributed by atoms with Crippen molar-refractivity contribution in [3.8, 4) is 0 Å². The third kappa shape index (κ3) is 5.01. The van der Waals surface area contributed by atoms with Gasteiger partial charge in [-0.1, -0.05) is 38.1 Å². The van der Waals surface area contributed by atoms with Gasteiger partial charge in [0.15, 0.2) is 0 Å². The molecule has 2 rings (SSSR count). The summed E-state index contributed by atoms with van der Waals surface area (Å²) in [4.78, 5) is 23.4. The molecule has 124 valence electrons. The highest BCUT2D eigenvalue weighted by molar-refractivity contribution is 6.39. The fourth-order valence-corrected chi connectivity index (χ4v) is 1.90. The number of halogens is 1. The van der Waals surface area contributed by atoms with E-state index in [1.165, 1.54) is 30.5 Å². The Hall–Kier alpha value is -3.02. The minimum absolute atomic E-state index is 0.362. The molecule has 0 fully saturated rings. The van der Waals surface area contributed by atoms with Crippen molar-refractivity contribution < 1.29 is 14.0 Å². The van der Waals surface area contributed by atoms with Crippen molar-refractivity contribution in [1.29, 1.82) is 0 Å². The van der Waals surface area contributed by atoms with Crippen LogP contribution in [0.25, 0.3) is 0 Å². The van der Waals surface area contributed by atoms with Gasteiger partial charge in [-0.25, -0.2) is 9.82 Å². The largest absolute Gasteiger partial charge is 0.329 e. The molecule has 0 unspecified atom stereocenters. The number of amides is 2. The van der Waals surface area contributed by atoms with Gasteiger partial charge in [0.1, 0.15) is 5.82 Å². The molecule has 0 radical (unpaired) electrons. The van der Waals surface area contributed by atoms with E-state index >= 15 is 0 Å². The molecule has 2 aromatic rings. The van der Waals surface area contributed by atoms with Crippen molar-refractivity contribution in [2.24, 2.45) is 5.10 Å². The van der Waals surface area contributed by atoms with Crippen LogP contribution in [0.1, 0.15) is 30.9 Å². The van der Waals surface area contributed by atoms with E-state index < -0.39 is 11.8 Å². The van der Waals surface area contributed by atoms with Crippen LogP contribution in [0.5, 0.6) is 0 Å². The summed E-state index contributed by atoms with van der Waals surface area (Å²) in [5, 5.41) is 6.15. The maximum atomic E-state index is 12.8. The zero-order valence-electron chi connectivity index (χ0n) is 13.4. The van der Waals surface area contributed by atoms with E-state index in [-0.39, 0.29) is 5.82 Å². The van der Waals surface area contributed by atoms with Crippen LogP contribution in [0.3, 0.4) is 0 Å². The highest BCUT2D eigenvalue weighted by Crippen LogP contribution is 2.16. The van der Waals surface area contributed by atoms with Crippen LogP contribution in [-0.2, 0) is 9.59 Å². The number of hydrazone groups is 1. The number of nitrogens with one attached hydrogen (secondary N) is 2. The minimum Gasteiger partial charge on any atom is -0.318 e. The average Bonchev–Trinajstić information content (AvgIpc) is 2.57. The Labute approximate surface area is 139 Å². The van der Waals surface area contributed by atoms with E-state index in [9.17, 15) is 14.0 Å². The highest BCUT2D eigenvalue weighted by Gasteiger charge is 2.12. The lowest BCUT2D eigenvalue weighted by Crippen LogP contribution is -2.32. The molecule has 0 aromatic heterocycles. The molecule has 0 aliphatic heterocycles. The van der Waals surface area contributed by atoms with Crippen molar-refractivity contribution in [2.75, 3.05) is 5.32 Å². The number of nitrogens with zero attached hydrogens (tertiary/aromatic N) is 1. The Morgan fingerprint density at radius 2 is 1.62 bits per heavy atom. The van der Waals surface area contributed by atoms with Crippen molar-refractivity contribution in [3.05, 3.63) is 65.5 Å². The number of hydrogen-bond acceptors (Lipinski definition) is 3. The van der Waals surface area contributed by atoms with Crippen molar-refractivity contribution in [3.63, 3.8) is 0 Å². The van der Waals surface area contributed by atoms with Crippen molar-refractivity contribution >= 4 is 23.7 Å². The van der Waals surface area contributed by atoms with E-state index in [4.69, 9.17) is 0 Å². The first-order valence-electron chi connectivity index (χ1n) is 7.45. The molecule has 0 bridgehead atoms. The van der Waals surface area contributed by atoms with E-state index in [0.29, 0.717) is 17.2 Å². The molecule has 0 atom stereocenters. The second kappa shape index (κ2) is 8.01. The second-order valence-electron chi connectivity index (χ2n) is 5.48. The highest BCUT2D eigenvalue weighted by atomic mass is 19.1. The number of carbonyl (C=O) groups excluding carboxylic acids is 2. The minimum atomic E-state index is -0.888. The lowest BCUT2D eigenvalue weighted by Gasteiger charge is -2.07. The summed E-state index contributed by atoms with van der Waals surface area (Å²) < 4.78 is 12.8. The Morgan fingerprint density at radius 3 is 2.21 bits per heavy atom. The van der Waals surface area contributed by atoms with Crippen LogP contribution in [0.2, 0.25) is 0 Å². The van der Waals surface area contributed by atoms with Gasteiger partial charge in [0.25, 0.3) is 0 Å². The second-order valence-corrected chi connectivity index (χ2v) is 5.48. The Balaban J connectivity index is 1.87. The van der Waals surface area contributed by atoms with Crippen LogP contribution in [-0.4, -0.2) is 18.0 Å². The average molecular weight is 327 g/mol. The van der Waals surface area contributed by atoms with Crippen molar-refractivity contribution in [1.82, 2.24) is 5.43 Å². The van der Waals surface area contributed by atoms with E-state index in [0.717, 1.165) is 5.56 Å². The fourth-order valence-electron chi connectivity index (χ4n) is 1.90. The summed E-state index contributed by atoms with van der Waals surface area (Å²) in [5.74, 6) is -1.68. The third-order valence-corrected chi connectivity index (χ3v) is 3.29. The predicted octanol–water partition coefficient (Wildman–Crippen LogP) is 3.04. The maximum absolute atomic E-state index is 12.8. The fraction of sp³-hybridized carbons (Fsp3) is 0.167. The van der Waals surface area contributed by atoms with Gasteiger partial charge in [-0.05, 0) is 41.3 Å². The summed E-state index contributed by atoms with van der Waals surface area (Å²) >= 11 is 0. The summed E-state index contributed by atoms with van der Waals surface area (Å²) in [6.45, 7) is 4.14. The first kappa shape index (κ1) is 17.3. The van der Waals surface area contributed by atoms with Crippen LogP contribution < -0.4 is 10.7 Å². The van der Waals surface area contributed by atoms with Gasteiger partial charge in [0.2, 0.25) is 0 Å². The van der Waals surface area contributed by atoms with Crippen LogP contribution in [0.4, 0.5) is 10.1 Å². The van der Waals surface area contributed by atoms with Gasteiger partial charge in [-0.15, -0.1) is 0 Å². The molecule has 0 spiro atoms. The lowest BCUT2D eigenvalue weighted by molar-refractivity contribution is -0.136. The molecule has 24 heavy (non-hydrogen) atoms. The zero-order valence-corrected chi connectivity index (χ0v) is 13.4. The molecule has 2 amide bonds. The molecule has 5 nitrogen and oxygen atoms in total. The number of benzene rings is 2. The van der Waals surface area contributed by atoms with Gasteiger partial charge in [-0.3, -0.25) is 9.59 Å². The summed E-state index contributed by atoms with van der Waals surface area (Å²) in [6, 6.07) is 12.8. The smallest absolute Gasteiger partial charge is 0.318 e. The van der Waals surface area contributed by atoms with Gasteiger partial charge in [-0.2, -0.15) is 5.10 Å². The molecule has 2 N–H and O–H groups in total. The first-order chi connectivity index (χ1) is 11.5. The van der Waals surface area contributed by atoms with E-state index in [1.807, 2.05) is 12.1 Å². The first-order valence-corrected chi connectivity index (χ1v) is 7.45. The van der Waals surface area contributed by atoms with Crippen LogP contribution in [0, 0.1) is 5.82 Å². The summed E-state index contributed by atoms with van der Waals surface area (Å²) in [5.41, 5.74) is 4.39. The maximum Gasteiger partial charge on any atom is 0.329 e. The molecule has 0 heterocycles. The Morgan fingerprint density at radius 1 is 1.00 bits per heavy atom. The SMILES string of the molecule is CC(C)c1ccc(NC(=O)C(=O)N/N=C\c2ccc(F)cc2)cc1. The topological polar surface area (TPSA) is 70.6 Å². The normalized spacial score (nSPS) is 10.8. The quantitative estimate of drug-likeness (QED) is 0.515. The van der Waals surface area contributed by atoms with Crippen LogP contribution >= 0.6 is 0 Å². The Bertz CT molecular complexity index is 738. The van der Waals surface area contributed by atoms with Gasteiger partial charge >= 0.3 is 11.8 Å². The third-order valence-electron chi connectivity index (χ3n) is 3.29. The van der Waals surface area contributed by atoms with E-state index in [2.05, 4.69) is 29.7 Å². The van der Waals surface area contributed by atoms with Gasteiger partial charge < -0.3 is 5.32 Å². The van der Waals surface area contributed by atoms with Gasteiger partial charge in [0.05, 0.1) is 6.21 Å². The standard InChI is InChI=1S/C18H18FN3O2/c1-12(2)14-5-9-16(10-6-14)21-17(23)18(24)22-20-11-13-3-7-15(19)8-4-13/h3-12H,1-2H3,(H,21,23)(H,22,24)/b20-11-. The number of rotatable bonds is 4. The molecular formula is C18H18FN3O2. The number of hydrogen-bond donors (Lipinski definition) is 2. The number of anilines is 1. The van der Waals surface area contributed by atoms with Gasteiger partial charge in [0, 0.05) is 5.69 Å². The molecule has 2 aromatic carbocycles. The van der Waals surface area contributed by atoms with E-state index in [1.54, 1.807) is 12.1 Å². The number of carbonyl (C=O) groups is 2. The van der Waals surface area contributed by atoms with Crippen LogP contribution in [0.15, 0.2) is 53.6 Å². The Kier molecular flexibility index (Phi) is 5.78. The summed E-state index contributed by atoms with van der Waals surface area (Å²) in [6.07, 6.45) is 1.32. The lowest BCUT2D eigenvalue weighted by atomic mass is 10.0. The molecule has 0 saturated heterocycles. The zero-order chi connectivity index (χ0) is 17.5. The predicted molar refractivity (Wildman–Crippen MR) is 91.3 cm³/mol. The molecule has 6 heteroatoms. The molecule has 0 aliphatic carbocycles. The van der Waals surface area contributed by atoms with Crippen molar-refractivity contribution in [2.45, 2.75) is 19.8 Å².